The molecule has 1 aromatic rings. The average Bonchev–Trinajstić information content (AvgIpc) is 3.12. The maximum atomic E-state index is 12.3. The number of aromatic nitrogens is 1. The Balaban J connectivity index is 1.51. The Morgan fingerprint density at radius 3 is 3.00 bits per heavy atom. The Labute approximate surface area is 120 Å². The summed E-state index contributed by atoms with van der Waals surface area (Å²) in [5.74, 6) is -0.361. The fourth-order valence-electron chi connectivity index (χ4n) is 2.98. The first-order valence-corrected chi connectivity index (χ1v) is 7.59. The molecule has 0 aliphatic carbocycles. The molecule has 3 heterocycles. The van der Waals surface area contributed by atoms with Crippen molar-refractivity contribution in [3.63, 3.8) is 0 Å². The second-order valence-corrected chi connectivity index (χ2v) is 6.41. The molecule has 2 bridgehead atoms. The minimum Gasteiger partial charge on any atom is -0.374 e. The summed E-state index contributed by atoms with van der Waals surface area (Å²) in [6.45, 7) is 1.89. The van der Waals surface area contributed by atoms with Gasteiger partial charge in [-0.25, -0.2) is 4.98 Å². The molecule has 0 aromatic carbocycles. The number of fused-ring (bicyclic) bond motifs is 2. The van der Waals surface area contributed by atoms with Crippen LogP contribution in [-0.4, -0.2) is 35.6 Å². The molecule has 3 atom stereocenters. The summed E-state index contributed by atoms with van der Waals surface area (Å²) in [6.07, 6.45) is 4.54. The van der Waals surface area contributed by atoms with E-state index in [0.29, 0.717) is 5.13 Å². The molecule has 3 rings (SSSR count). The van der Waals surface area contributed by atoms with Gasteiger partial charge in [0.15, 0.2) is 5.13 Å². The van der Waals surface area contributed by atoms with Crippen LogP contribution in [-0.2, 0) is 14.3 Å². The summed E-state index contributed by atoms with van der Waals surface area (Å²) < 4.78 is 5.73. The van der Waals surface area contributed by atoms with Gasteiger partial charge in [-0.3, -0.25) is 9.59 Å². The van der Waals surface area contributed by atoms with E-state index in [9.17, 15) is 9.59 Å². The maximum absolute atomic E-state index is 12.3. The second-order valence-electron chi connectivity index (χ2n) is 5.51. The normalized spacial score (nSPS) is 31.2. The molecular formula is C13H17N3O3S. The monoisotopic (exact) mass is 295 g/mol. The summed E-state index contributed by atoms with van der Waals surface area (Å²) in [4.78, 5) is 27.9. The Morgan fingerprint density at radius 2 is 2.40 bits per heavy atom. The van der Waals surface area contributed by atoms with Crippen LogP contribution in [0, 0.1) is 5.41 Å². The van der Waals surface area contributed by atoms with E-state index in [4.69, 9.17) is 4.74 Å². The van der Waals surface area contributed by atoms with E-state index in [2.05, 4.69) is 15.6 Å². The third kappa shape index (κ3) is 2.43. The number of ether oxygens (including phenoxy) is 1. The highest BCUT2D eigenvalue weighted by Crippen LogP contribution is 2.47. The molecule has 2 N–H and O–H groups in total. The van der Waals surface area contributed by atoms with Crippen LogP contribution in [0.5, 0.6) is 0 Å². The fourth-order valence-corrected chi connectivity index (χ4v) is 3.52. The lowest BCUT2D eigenvalue weighted by Gasteiger charge is -2.29. The molecule has 2 aliphatic rings. The van der Waals surface area contributed by atoms with E-state index in [1.54, 1.807) is 11.6 Å². The minimum absolute atomic E-state index is 0.00507. The maximum Gasteiger partial charge on any atom is 0.245 e. The molecule has 1 aromatic heterocycles. The molecule has 2 aliphatic heterocycles. The molecule has 0 spiro atoms. The summed E-state index contributed by atoms with van der Waals surface area (Å²) in [7, 11) is 0. The molecule has 108 valence electrons. The molecule has 20 heavy (non-hydrogen) atoms. The van der Waals surface area contributed by atoms with Crippen molar-refractivity contribution in [3.8, 4) is 0 Å². The molecule has 2 amide bonds. The highest BCUT2D eigenvalue weighted by molar-refractivity contribution is 7.13. The van der Waals surface area contributed by atoms with Crippen molar-refractivity contribution in [1.29, 1.82) is 0 Å². The molecule has 0 unspecified atom stereocenters. The lowest BCUT2D eigenvalue weighted by molar-refractivity contribution is -0.134. The third-order valence-electron chi connectivity index (χ3n) is 4.08. The van der Waals surface area contributed by atoms with Gasteiger partial charge in [0.1, 0.15) is 0 Å². The van der Waals surface area contributed by atoms with Gasteiger partial charge < -0.3 is 15.4 Å². The van der Waals surface area contributed by atoms with Crippen LogP contribution in [0.3, 0.4) is 0 Å². The van der Waals surface area contributed by atoms with Gasteiger partial charge in [0, 0.05) is 11.6 Å². The number of carbonyl (C=O) groups is 2. The number of anilines is 1. The molecule has 6 nitrogen and oxygen atoms in total. The van der Waals surface area contributed by atoms with Crippen LogP contribution in [0.15, 0.2) is 11.6 Å². The number of hydrogen-bond acceptors (Lipinski definition) is 5. The van der Waals surface area contributed by atoms with Crippen LogP contribution in [0.4, 0.5) is 5.13 Å². The lowest BCUT2D eigenvalue weighted by atomic mass is 9.75. The van der Waals surface area contributed by atoms with Crippen molar-refractivity contribution < 1.29 is 14.3 Å². The number of thiazole rings is 1. The zero-order valence-electron chi connectivity index (χ0n) is 11.2. The van der Waals surface area contributed by atoms with Gasteiger partial charge in [-0.2, -0.15) is 0 Å². The number of nitrogens with zero attached hydrogens (tertiary/aromatic N) is 1. The summed E-state index contributed by atoms with van der Waals surface area (Å²) >= 11 is 1.34. The largest absolute Gasteiger partial charge is 0.374 e. The van der Waals surface area contributed by atoms with Gasteiger partial charge in [0.25, 0.3) is 0 Å². The van der Waals surface area contributed by atoms with Crippen molar-refractivity contribution in [2.75, 3.05) is 11.9 Å². The predicted molar refractivity (Wildman–Crippen MR) is 74.4 cm³/mol. The molecule has 2 saturated heterocycles. The van der Waals surface area contributed by atoms with Crippen molar-refractivity contribution in [1.82, 2.24) is 10.3 Å². The van der Waals surface area contributed by atoms with Gasteiger partial charge in [0.2, 0.25) is 11.8 Å². The van der Waals surface area contributed by atoms with E-state index in [1.807, 2.05) is 6.92 Å². The number of amides is 2. The summed E-state index contributed by atoms with van der Waals surface area (Å²) in [5.41, 5.74) is -0.496. The summed E-state index contributed by atoms with van der Waals surface area (Å²) in [6, 6.07) is 0. The second kappa shape index (κ2) is 5.14. The molecule has 7 heteroatoms. The van der Waals surface area contributed by atoms with Crippen LogP contribution >= 0.6 is 11.3 Å². The smallest absolute Gasteiger partial charge is 0.245 e. The topological polar surface area (TPSA) is 80.3 Å². The van der Waals surface area contributed by atoms with E-state index in [0.717, 1.165) is 19.3 Å². The van der Waals surface area contributed by atoms with Crippen molar-refractivity contribution >= 4 is 28.3 Å². The van der Waals surface area contributed by atoms with Gasteiger partial charge >= 0.3 is 0 Å². The van der Waals surface area contributed by atoms with E-state index in [1.165, 1.54) is 11.3 Å². The molecule has 0 saturated carbocycles. The highest BCUT2D eigenvalue weighted by Gasteiger charge is 2.53. The number of rotatable bonds is 4. The van der Waals surface area contributed by atoms with Crippen LogP contribution < -0.4 is 10.6 Å². The fraction of sp³-hybridized carbons (Fsp3) is 0.615. The minimum atomic E-state index is -0.496. The average molecular weight is 295 g/mol. The van der Waals surface area contributed by atoms with Gasteiger partial charge in [-0.1, -0.05) is 0 Å². The first-order valence-electron chi connectivity index (χ1n) is 6.71. The highest BCUT2D eigenvalue weighted by atomic mass is 32.1. The molecular weight excluding hydrogens is 278 g/mol. The quantitative estimate of drug-likeness (QED) is 0.873. The molecule has 0 radical (unpaired) electrons. The zero-order valence-corrected chi connectivity index (χ0v) is 12.0. The first kappa shape index (κ1) is 13.5. The number of hydrogen-bond donors (Lipinski definition) is 2. The van der Waals surface area contributed by atoms with Gasteiger partial charge in [0.05, 0.1) is 24.2 Å². The van der Waals surface area contributed by atoms with E-state index >= 15 is 0 Å². The SMILES string of the molecule is C[C@]1(C(=O)NCC(=O)Nc2nccs2)C[C@H]2CC[C@@H]1O2. The van der Waals surface area contributed by atoms with Crippen LogP contribution in [0.2, 0.25) is 0 Å². The Hall–Kier alpha value is -1.47. The Kier molecular flexibility index (Phi) is 3.47. The standard InChI is InChI=1S/C13H17N3O3S/c1-13(6-8-2-3-9(13)19-8)11(18)15-7-10(17)16-12-14-4-5-20-12/h4-5,8-9H,2-3,6-7H2,1H3,(H,15,18)(H,14,16,17)/t8-,9+,13+/m1/s1. The Bertz CT molecular complexity index is 519. The number of nitrogens with one attached hydrogen (secondary N) is 2. The van der Waals surface area contributed by atoms with Crippen molar-refractivity contribution in [2.45, 2.75) is 38.4 Å². The Morgan fingerprint density at radius 1 is 1.55 bits per heavy atom. The van der Waals surface area contributed by atoms with Gasteiger partial charge in [-0.15, -0.1) is 11.3 Å². The van der Waals surface area contributed by atoms with Crippen LogP contribution in [0.1, 0.15) is 26.2 Å². The van der Waals surface area contributed by atoms with E-state index in [-0.39, 0.29) is 30.6 Å². The molecule has 2 fully saturated rings. The lowest BCUT2D eigenvalue weighted by Crippen LogP contribution is -2.47. The van der Waals surface area contributed by atoms with Crippen molar-refractivity contribution in [2.24, 2.45) is 5.41 Å². The summed E-state index contributed by atoms with van der Waals surface area (Å²) in [5, 5.41) is 7.66. The van der Waals surface area contributed by atoms with Crippen LogP contribution in [0.25, 0.3) is 0 Å². The van der Waals surface area contributed by atoms with Gasteiger partial charge in [-0.05, 0) is 26.2 Å². The number of carbonyl (C=O) groups excluding carboxylic acids is 2. The zero-order chi connectivity index (χ0) is 14.2. The predicted octanol–water partition coefficient (Wildman–Crippen LogP) is 1.16. The first-order chi connectivity index (χ1) is 9.58. The third-order valence-corrected chi connectivity index (χ3v) is 4.77. The van der Waals surface area contributed by atoms with E-state index < -0.39 is 5.41 Å². The van der Waals surface area contributed by atoms with Crippen molar-refractivity contribution in [3.05, 3.63) is 11.6 Å².